The summed E-state index contributed by atoms with van der Waals surface area (Å²) in [4.78, 5) is 0. The van der Waals surface area contributed by atoms with Crippen LogP contribution in [0.15, 0.2) is 24.5 Å². The molecule has 11 heavy (non-hydrogen) atoms. The molecular formula is C8H11N3. The minimum absolute atomic E-state index is 0.201. The second-order valence-corrected chi connectivity index (χ2v) is 2.48. The highest BCUT2D eigenvalue weighted by Gasteiger charge is 1.97. The number of nitrogens with zero attached hydrogens (tertiary/aromatic N) is 2. The third-order valence-corrected chi connectivity index (χ3v) is 1.37. The van der Waals surface area contributed by atoms with E-state index in [0.717, 1.165) is 0 Å². The van der Waals surface area contributed by atoms with Crippen molar-refractivity contribution in [1.82, 2.24) is 4.68 Å². The third-order valence-electron chi connectivity index (χ3n) is 1.37. The molecule has 0 aromatic carbocycles. The number of aromatic nitrogens is 1. The first-order valence-electron chi connectivity index (χ1n) is 3.59. The molecule has 0 aliphatic rings. The lowest BCUT2D eigenvalue weighted by Gasteiger charge is -2.11. The van der Waals surface area contributed by atoms with Crippen LogP contribution in [0.1, 0.15) is 13.3 Å². The number of rotatable bonds is 3. The Kier molecular flexibility index (Phi) is 2.56. The van der Waals surface area contributed by atoms with E-state index in [4.69, 9.17) is 5.26 Å². The van der Waals surface area contributed by atoms with Gasteiger partial charge in [0.15, 0.2) is 0 Å². The lowest BCUT2D eigenvalue weighted by atomic mass is 10.3. The highest BCUT2D eigenvalue weighted by atomic mass is 15.4. The summed E-state index contributed by atoms with van der Waals surface area (Å²) >= 11 is 0. The van der Waals surface area contributed by atoms with Crippen LogP contribution in [-0.2, 0) is 0 Å². The molecule has 1 N–H and O–H groups in total. The molecule has 1 rings (SSSR count). The Hall–Kier alpha value is -1.43. The van der Waals surface area contributed by atoms with Crippen LogP contribution < -0.4 is 5.43 Å². The molecule has 0 aliphatic carbocycles. The van der Waals surface area contributed by atoms with Crippen LogP contribution in [0.2, 0.25) is 0 Å². The van der Waals surface area contributed by atoms with Crippen LogP contribution in [0, 0.1) is 11.3 Å². The highest BCUT2D eigenvalue weighted by molar-refractivity contribution is 4.96. The Labute approximate surface area is 66.2 Å². The van der Waals surface area contributed by atoms with E-state index in [9.17, 15) is 0 Å². The molecule has 0 bridgehead atoms. The van der Waals surface area contributed by atoms with Crippen molar-refractivity contribution in [2.75, 3.05) is 5.43 Å². The van der Waals surface area contributed by atoms with Gasteiger partial charge in [-0.2, -0.15) is 5.26 Å². The molecule has 0 saturated heterocycles. The molecule has 1 atom stereocenters. The molecule has 0 spiro atoms. The summed E-state index contributed by atoms with van der Waals surface area (Å²) < 4.78 is 1.85. The van der Waals surface area contributed by atoms with E-state index in [1.807, 2.05) is 36.1 Å². The second-order valence-electron chi connectivity index (χ2n) is 2.48. The van der Waals surface area contributed by atoms with Crippen LogP contribution >= 0.6 is 0 Å². The van der Waals surface area contributed by atoms with Crippen molar-refractivity contribution < 1.29 is 0 Å². The molecule has 58 valence electrons. The predicted molar refractivity (Wildman–Crippen MR) is 43.5 cm³/mol. The average molecular weight is 149 g/mol. The van der Waals surface area contributed by atoms with Gasteiger partial charge in [-0.15, -0.1) is 0 Å². The van der Waals surface area contributed by atoms with Gasteiger partial charge in [0, 0.05) is 12.4 Å². The van der Waals surface area contributed by atoms with Crippen LogP contribution in [0.5, 0.6) is 0 Å². The van der Waals surface area contributed by atoms with Gasteiger partial charge < -0.3 is 5.43 Å². The molecule has 1 aromatic rings. The minimum atomic E-state index is 0.201. The van der Waals surface area contributed by atoms with E-state index in [0.29, 0.717) is 6.42 Å². The normalized spacial score (nSPS) is 12.0. The molecular weight excluding hydrogens is 138 g/mol. The molecule has 1 aromatic heterocycles. The molecule has 0 amide bonds. The molecule has 0 fully saturated rings. The smallest absolute Gasteiger partial charge is 0.0643 e. The molecule has 1 unspecified atom stereocenters. The summed E-state index contributed by atoms with van der Waals surface area (Å²) in [7, 11) is 0. The first kappa shape index (κ1) is 7.67. The number of nitrogens with one attached hydrogen (secondary N) is 1. The summed E-state index contributed by atoms with van der Waals surface area (Å²) in [5, 5.41) is 8.37. The molecule has 0 aliphatic heterocycles. The van der Waals surface area contributed by atoms with Crippen molar-refractivity contribution in [2.24, 2.45) is 0 Å². The predicted octanol–water partition coefficient (Wildman–Crippen LogP) is 1.33. The van der Waals surface area contributed by atoms with Gasteiger partial charge in [0.1, 0.15) is 0 Å². The van der Waals surface area contributed by atoms with Gasteiger partial charge in [0.25, 0.3) is 0 Å². The molecule has 3 heteroatoms. The van der Waals surface area contributed by atoms with Crippen LogP contribution in [0.3, 0.4) is 0 Å². The zero-order valence-electron chi connectivity index (χ0n) is 6.49. The lowest BCUT2D eigenvalue weighted by Crippen LogP contribution is -2.23. The zero-order valence-corrected chi connectivity index (χ0v) is 6.49. The Bertz CT molecular complexity index is 232. The van der Waals surface area contributed by atoms with Crippen LogP contribution in [-0.4, -0.2) is 10.7 Å². The molecule has 3 nitrogen and oxygen atoms in total. The highest BCUT2D eigenvalue weighted by Crippen LogP contribution is 1.92. The van der Waals surface area contributed by atoms with Crippen LogP contribution in [0.4, 0.5) is 0 Å². The molecule has 0 radical (unpaired) electrons. The van der Waals surface area contributed by atoms with Gasteiger partial charge in [-0.1, -0.05) is 0 Å². The van der Waals surface area contributed by atoms with E-state index in [2.05, 4.69) is 11.5 Å². The molecule has 0 saturated carbocycles. The van der Waals surface area contributed by atoms with E-state index >= 15 is 0 Å². The monoisotopic (exact) mass is 149 g/mol. The first-order chi connectivity index (χ1) is 5.33. The van der Waals surface area contributed by atoms with E-state index in [1.165, 1.54) is 0 Å². The minimum Gasteiger partial charge on any atom is -0.323 e. The number of hydrogen-bond acceptors (Lipinski definition) is 2. The summed E-state index contributed by atoms with van der Waals surface area (Å²) in [5.41, 5.74) is 3.12. The second kappa shape index (κ2) is 3.67. The SMILES string of the molecule is CC(CC#N)Nn1cccc1. The maximum Gasteiger partial charge on any atom is 0.0643 e. The van der Waals surface area contributed by atoms with E-state index in [-0.39, 0.29) is 6.04 Å². The van der Waals surface area contributed by atoms with Crippen molar-refractivity contribution in [2.45, 2.75) is 19.4 Å². The van der Waals surface area contributed by atoms with Gasteiger partial charge in [-0.3, -0.25) is 4.68 Å². The maximum absolute atomic E-state index is 8.37. The quantitative estimate of drug-likeness (QED) is 0.704. The third kappa shape index (κ3) is 2.34. The van der Waals surface area contributed by atoms with Crippen LogP contribution in [0.25, 0.3) is 0 Å². The Morgan fingerprint density at radius 1 is 1.55 bits per heavy atom. The first-order valence-corrected chi connectivity index (χ1v) is 3.59. The van der Waals surface area contributed by atoms with Crippen molar-refractivity contribution in [3.63, 3.8) is 0 Å². The fourth-order valence-electron chi connectivity index (χ4n) is 0.858. The van der Waals surface area contributed by atoms with Gasteiger partial charge in [0.05, 0.1) is 18.5 Å². The summed E-state index contributed by atoms with van der Waals surface area (Å²) in [6, 6.07) is 6.18. The fourth-order valence-corrected chi connectivity index (χ4v) is 0.858. The Morgan fingerprint density at radius 2 is 2.18 bits per heavy atom. The summed E-state index contributed by atoms with van der Waals surface area (Å²) in [5.74, 6) is 0. The van der Waals surface area contributed by atoms with Gasteiger partial charge in [0.2, 0.25) is 0 Å². The van der Waals surface area contributed by atoms with Gasteiger partial charge in [-0.25, -0.2) is 0 Å². The average Bonchev–Trinajstić information content (AvgIpc) is 2.40. The molecule has 1 heterocycles. The van der Waals surface area contributed by atoms with Gasteiger partial charge in [-0.05, 0) is 19.1 Å². The summed E-state index contributed by atoms with van der Waals surface area (Å²) in [6.45, 7) is 1.98. The van der Waals surface area contributed by atoms with Crippen molar-refractivity contribution in [3.05, 3.63) is 24.5 Å². The largest absolute Gasteiger partial charge is 0.323 e. The van der Waals surface area contributed by atoms with Crippen molar-refractivity contribution >= 4 is 0 Å². The number of hydrogen-bond donors (Lipinski definition) is 1. The van der Waals surface area contributed by atoms with Crippen molar-refractivity contribution in [3.8, 4) is 6.07 Å². The van der Waals surface area contributed by atoms with Gasteiger partial charge >= 0.3 is 0 Å². The Balaban J connectivity index is 2.38. The Morgan fingerprint density at radius 3 is 2.73 bits per heavy atom. The van der Waals surface area contributed by atoms with E-state index in [1.54, 1.807) is 0 Å². The van der Waals surface area contributed by atoms with E-state index < -0.39 is 0 Å². The zero-order chi connectivity index (χ0) is 8.10. The summed E-state index contributed by atoms with van der Waals surface area (Å²) in [6.07, 6.45) is 4.35. The topological polar surface area (TPSA) is 40.8 Å². The maximum atomic E-state index is 8.37. The lowest BCUT2D eigenvalue weighted by molar-refractivity contribution is 0.699. The standard InChI is InChI=1S/C8H11N3/c1-8(4-5-9)10-11-6-2-3-7-11/h2-3,6-8,10H,4H2,1H3. The van der Waals surface area contributed by atoms with Crippen molar-refractivity contribution in [1.29, 1.82) is 5.26 Å². The number of nitriles is 1. The fraction of sp³-hybridized carbons (Fsp3) is 0.375.